The fourth-order valence-electron chi connectivity index (χ4n) is 2.36. The van der Waals surface area contributed by atoms with E-state index >= 15 is 0 Å². The molecule has 2 N–H and O–H groups in total. The standard InChI is InChI=1S/C17H19N3O.HI/c1-13-15-9-5-6-10-16(15)20-17(19-13)18-11-12-21-14-7-3-2-4-8-14;/h2-10,13H,11-12H2,1H3,(H2,18,19,20);1H. The maximum absolute atomic E-state index is 5.63. The highest BCUT2D eigenvalue weighted by atomic mass is 127. The molecule has 1 unspecified atom stereocenters. The smallest absolute Gasteiger partial charge is 0.196 e. The van der Waals surface area contributed by atoms with Gasteiger partial charge in [-0.15, -0.1) is 24.0 Å². The third-order valence-electron chi connectivity index (χ3n) is 3.41. The van der Waals surface area contributed by atoms with Crippen molar-refractivity contribution in [3.05, 3.63) is 60.2 Å². The second kappa shape index (κ2) is 8.03. The van der Waals surface area contributed by atoms with Crippen LogP contribution in [-0.4, -0.2) is 19.1 Å². The number of hydrogen-bond donors (Lipinski definition) is 2. The maximum Gasteiger partial charge on any atom is 0.196 e. The van der Waals surface area contributed by atoms with Gasteiger partial charge in [0.15, 0.2) is 5.96 Å². The first-order valence-corrected chi connectivity index (χ1v) is 7.18. The first kappa shape index (κ1) is 16.6. The fraction of sp³-hybridized carbons (Fsp3) is 0.235. The first-order chi connectivity index (χ1) is 10.3. The van der Waals surface area contributed by atoms with Crippen LogP contribution in [0.2, 0.25) is 0 Å². The normalized spacial score (nSPS) is 17.7. The molecule has 0 spiro atoms. The Balaban J connectivity index is 0.00000176. The van der Waals surface area contributed by atoms with Crippen LogP contribution in [0.1, 0.15) is 18.5 Å². The zero-order chi connectivity index (χ0) is 14.5. The van der Waals surface area contributed by atoms with Gasteiger partial charge in [-0.25, -0.2) is 4.99 Å². The molecule has 0 radical (unpaired) electrons. The topological polar surface area (TPSA) is 45.7 Å². The van der Waals surface area contributed by atoms with Gasteiger partial charge < -0.3 is 15.4 Å². The van der Waals surface area contributed by atoms with Gasteiger partial charge in [-0.3, -0.25) is 0 Å². The van der Waals surface area contributed by atoms with E-state index in [0.717, 1.165) is 17.4 Å². The van der Waals surface area contributed by atoms with Crippen molar-refractivity contribution in [2.24, 2.45) is 4.99 Å². The van der Waals surface area contributed by atoms with Crippen molar-refractivity contribution in [3.63, 3.8) is 0 Å². The largest absolute Gasteiger partial charge is 0.492 e. The number of ether oxygens (including phenoxy) is 1. The molecule has 116 valence electrons. The molecule has 5 heteroatoms. The molecule has 0 saturated carbocycles. The second-order valence-electron chi connectivity index (χ2n) is 4.97. The Morgan fingerprint density at radius 1 is 1.05 bits per heavy atom. The molecule has 2 aromatic carbocycles. The Morgan fingerprint density at radius 3 is 2.59 bits per heavy atom. The molecule has 1 atom stereocenters. The van der Waals surface area contributed by atoms with Gasteiger partial charge in [0, 0.05) is 5.69 Å². The number of rotatable bonds is 4. The van der Waals surface area contributed by atoms with E-state index < -0.39 is 0 Å². The zero-order valence-corrected chi connectivity index (χ0v) is 14.8. The minimum Gasteiger partial charge on any atom is -0.492 e. The minimum absolute atomic E-state index is 0. The Bertz CT molecular complexity index is 631. The van der Waals surface area contributed by atoms with Crippen LogP contribution in [0.15, 0.2) is 59.6 Å². The molecule has 0 amide bonds. The number of fused-ring (bicyclic) bond motifs is 1. The predicted octanol–water partition coefficient (Wildman–Crippen LogP) is 3.82. The molecule has 4 nitrogen and oxygen atoms in total. The summed E-state index contributed by atoms with van der Waals surface area (Å²) < 4.78 is 5.63. The molecule has 1 heterocycles. The fourth-order valence-corrected chi connectivity index (χ4v) is 2.36. The molecule has 0 aromatic heterocycles. The molecule has 2 aromatic rings. The summed E-state index contributed by atoms with van der Waals surface area (Å²) in [6.07, 6.45) is 0. The summed E-state index contributed by atoms with van der Waals surface area (Å²) in [4.78, 5) is 4.52. The summed E-state index contributed by atoms with van der Waals surface area (Å²) in [5.41, 5.74) is 2.38. The van der Waals surface area contributed by atoms with Crippen LogP contribution in [-0.2, 0) is 0 Å². The molecule has 0 aliphatic carbocycles. The lowest BCUT2D eigenvalue weighted by Crippen LogP contribution is -2.38. The summed E-state index contributed by atoms with van der Waals surface area (Å²) >= 11 is 0. The van der Waals surface area contributed by atoms with Crippen molar-refractivity contribution in [1.82, 2.24) is 5.32 Å². The van der Waals surface area contributed by atoms with Gasteiger partial charge in [0.25, 0.3) is 0 Å². The predicted molar refractivity (Wildman–Crippen MR) is 101 cm³/mol. The van der Waals surface area contributed by atoms with Gasteiger partial charge in [-0.1, -0.05) is 36.4 Å². The number of nitrogens with one attached hydrogen (secondary N) is 2. The van der Waals surface area contributed by atoms with E-state index in [2.05, 4.69) is 40.7 Å². The van der Waals surface area contributed by atoms with Crippen molar-refractivity contribution in [1.29, 1.82) is 0 Å². The number of aliphatic imine (C=N–C) groups is 1. The monoisotopic (exact) mass is 409 g/mol. The van der Waals surface area contributed by atoms with Crippen LogP contribution in [0.4, 0.5) is 5.69 Å². The minimum atomic E-state index is 0. The summed E-state index contributed by atoms with van der Waals surface area (Å²) in [6.45, 7) is 3.31. The Morgan fingerprint density at radius 2 is 1.77 bits per heavy atom. The molecular weight excluding hydrogens is 389 g/mol. The van der Waals surface area contributed by atoms with Gasteiger partial charge >= 0.3 is 0 Å². The average Bonchev–Trinajstić information content (AvgIpc) is 2.53. The Labute approximate surface area is 148 Å². The first-order valence-electron chi connectivity index (χ1n) is 7.18. The molecule has 0 bridgehead atoms. The van der Waals surface area contributed by atoms with Gasteiger partial charge in [-0.2, -0.15) is 0 Å². The van der Waals surface area contributed by atoms with Crippen molar-refractivity contribution in [2.75, 3.05) is 18.5 Å². The van der Waals surface area contributed by atoms with Crippen LogP contribution in [0.25, 0.3) is 0 Å². The number of anilines is 1. The van der Waals surface area contributed by atoms with Gasteiger partial charge in [0.05, 0.1) is 12.6 Å². The van der Waals surface area contributed by atoms with Gasteiger partial charge in [0.1, 0.15) is 12.4 Å². The highest BCUT2D eigenvalue weighted by Gasteiger charge is 2.17. The average molecular weight is 409 g/mol. The molecule has 1 aliphatic heterocycles. The molecule has 1 aliphatic rings. The molecule has 0 fully saturated rings. The third kappa shape index (κ3) is 4.13. The quantitative estimate of drug-likeness (QED) is 0.597. The molecule has 22 heavy (non-hydrogen) atoms. The molecule has 0 saturated heterocycles. The molecular formula is C17H20IN3O. The van der Waals surface area contributed by atoms with Gasteiger partial charge in [-0.05, 0) is 30.7 Å². The second-order valence-corrected chi connectivity index (χ2v) is 4.97. The highest BCUT2D eigenvalue weighted by Crippen LogP contribution is 2.25. The molecule has 3 rings (SSSR count). The number of halogens is 1. The number of guanidine groups is 1. The van der Waals surface area contributed by atoms with Crippen LogP contribution < -0.4 is 15.4 Å². The number of nitrogens with zero attached hydrogens (tertiary/aromatic N) is 1. The van der Waals surface area contributed by atoms with E-state index in [-0.39, 0.29) is 30.0 Å². The third-order valence-corrected chi connectivity index (χ3v) is 3.41. The van der Waals surface area contributed by atoms with Gasteiger partial charge in [0.2, 0.25) is 0 Å². The Hall–Kier alpha value is -1.76. The summed E-state index contributed by atoms with van der Waals surface area (Å²) in [5.74, 6) is 1.68. The van der Waals surface area contributed by atoms with Crippen molar-refractivity contribution in [2.45, 2.75) is 13.0 Å². The Kier molecular flexibility index (Phi) is 6.06. The lowest BCUT2D eigenvalue weighted by Gasteiger charge is -2.27. The summed E-state index contributed by atoms with van der Waals surface area (Å²) in [5, 5.41) is 6.66. The maximum atomic E-state index is 5.63. The SMILES string of the molecule is CC1NC(=NCCOc2ccccc2)Nc2ccccc21.I. The van der Waals surface area contributed by atoms with E-state index in [9.17, 15) is 0 Å². The van der Waals surface area contributed by atoms with E-state index in [1.807, 2.05) is 36.4 Å². The van der Waals surface area contributed by atoms with Crippen LogP contribution in [0.3, 0.4) is 0 Å². The summed E-state index contributed by atoms with van der Waals surface area (Å²) in [6, 6.07) is 18.3. The van der Waals surface area contributed by atoms with E-state index in [1.54, 1.807) is 0 Å². The van der Waals surface area contributed by atoms with Crippen molar-refractivity contribution in [3.8, 4) is 5.75 Å². The van der Waals surface area contributed by atoms with E-state index in [1.165, 1.54) is 5.56 Å². The lowest BCUT2D eigenvalue weighted by atomic mass is 10.0. The number of para-hydroxylation sites is 2. The van der Waals surface area contributed by atoms with Crippen LogP contribution in [0, 0.1) is 0 Å². The zero-order valence-electron chi connectivity index (χ0n) is 12.5. The highest BCUT2D eigenvalue weighted by molar-refractivity contribution is 14.0. The number of hydrogen-bond acceptors (Lipinski definition) is 2. The number of benzene rings is 2. The lowest BCUT2D eigenvalue weighted by molar-refractivity contribution is 0.328. The van der Waals surface area contributed by atoms with E-state index in [4.69, 9.17) is 4.74 Å². The van der Waals surface area contributed by atoms with Crippen LogP contribution in [0.5, 0.6) is 5.75 Å². The van der Waals surface area contributed by atoms with Crippen molar-refractivity contribution < 1.29 is 4.74 Å². The van der Waals surface area contributed by atoms with E-state index in [0.29, 0.717) is 13.2 Å². The summed E-state index contributed by atoms with van der Waals surface area (Å²) in [7, 11) is 0. The van der Waals surface area contributed by atoms with Crippen molar-refractivity contribution >= 4 is 35.6 Å². The van der Waals surface area contributed by atoms with Crippen LogP contribution >= 0.6 is 24.0 Å².